The molecule has 8 heteroatoms. The zero-order valence-corrected chi connectivity index (χ0v) is 9.40. The van der Waals surface area contributed by atoms with Gasteiger partial charge in [-0.25, -0.2) is 4.79 Å². The molecule has 1 heterocycles. The van der Waals surface area contributed by atoms with E-state index in [9.17, 15) is 22.8 Å². The van der Waals surface area contributed by atoms with Crippen molar-refractivity contribution in [1.82, 2.24) is 4.98 Å². The van der Waals surface area contributed by atoms with Crippen LogP contribution in [-0.2, 0) is 10.9 Å². The zero-order valence-electron chi connectivity index (χ0n) is 7.81. The maximum atomic E-state index is 12.5. The first-order valence-corrected chi connectivity index (χ1v) is 4.65. The maximum Gasteiger partial charge on any atom is 0.418 e. The number of alkyl halides is 3. The molecule has 1 aromatic rings. The van der Waals surface area contributed by atoms with Gasteiger partial charge in [-0.05, 0) is 15.9 Å². The number of aromatic nitrogens is 1. The molecule has 0 saturated carbocycles. The standard InChI is InChI=1S/C8H5BrF3NO3/c1-16-7(15)4-3(8(10,11)12)2-13-6(14)5(4)9/h2H,1H3,(H,13,14). The Labute approximate surface area is 95.5 Å². The zero-order chi connectivity index (χ0) is 12.5. The van der Waals surface area contributed by atoms with Crippen LogP contribution in [0, 0.1) is 0 Å². The van der Waals surface area contributed by atoms with Crippen LogP contribution in [0.1, 0.15) is 15.9 Å². The van der Waals surface area contributed by atoms with Crippen LogP contribution in [0.2, 0.25) is 0 Å². The molecule has 0 unspecified atom stereocenters. The summed E-state index contributed by atoms with van der Waals surface area (Å²) in [4.78, 5) is 24.1. The van der Waals surface area contributed by atoms with Crippen LogP contribution in [-0.4, -0.2) is 18.1 Å². The van der Waals surface area contributed by atoms with Crippen molar-refractivity contribution in [2.24, 2.45) is 0 Å². The number of hydrogen-bond acceptors (Lipinski definition) is 3. The van der Waals surface area contributed by atoms with Crippen LogP contribution in [0.3, 0.4) is 0 Å². The van der Waals surface area contributed by atoms with Crippen LogP contribution in [0.4, 0.5) is 13.2 Å². The minimum absolute atomic E-state index is 0.430. The predicted octanol–water partition coefficient (Wildman–Crippen LogP) is 1.94. The van der Waals surface area contributed by atoms with Gasteiger partial charge in [0.05, 0.1) is 22.7 Å². The van der Waals surface area contributed by atoms with Crippen molar-refractivity contribution in [2.75, 3.05) is 7.11 Å². The van der Waals surface area contributed by atoms with E-state index >= 15 is 0 Å². The number of carbonyl (C=O) groups is 1. The van der Waals surface area contributed by atoms with Crippen LogP contribution in [0.25, 0.3) is 0 Å². The minimum atomic E-state index is -4.75. The molecule has 4 nitrogen and oxygen atoms in total. The summed E-state index contributed by atoms with van der Waals surface area (Å²) in [5.41, 5.74) is -2.93. The van der Waals surface area contributed by atoms with Crippen molar-refractivity contribution < 1.29 is 22.7 Å². The van der Waals surface area contributed by atoms with Crippen molar-refractivity contribution in [3.05, 3.63) is 32.2 Å². The van der Waals surface area contributed by atoms with Crippen LogP contribution in [0.15, 0.2) is 15.5 Å². The summed E-state index contributed by atoms with van der Waals surface area (Å²) in [5.74, 6) is -1.23. The molecule has 0 aliphatic heterocycles. The second-order valence-corrected chi connectivity index (χ2v) is 3.50. The Hall–Kier alpha value is -1.31. The average molecular weight is 300 g/mol. The van der Waals surface area contributed by atoms with Gasteiger partial charge in [-0.1, -0.05) is 0 Å². The third-order valence-electron chi connectivity index (χ3n) is 1.73. The lowest BCUT2D eigenvalue weighted by molar-refractivity contribution is -0.138. The van der Waals surface area contributed by atoms with Crippen LogP contribution >= 0.6 is 15.9 Å². The van der Waals surface area contributed by atoms with Crippen molar-refractivity contribution in [1.29, 1.82) is 0 Å². The van der Waals surface area contributed by atoms with Gasteiger partial charge >= 0.3 is 12.1 Å². The van der Waals surface area contributed by atoms with Crippen LogP contribution in [0.5, 0.6) is 0 Å². The van der Waals surface area contributed by atoms with Gasteiger partial charge in [0, 0.05) is 6.20 Å². The number of halogens is 4. The Morgan fingerprint density at radius 2 is 2.06 bits per heavy atom. The number of rotatable bonds is 1. The van der Waals surface area contributed by atoms with Gasteiger partial charge in [-0.3, -0.25) is 4.79 Å². The topological polar surface area (TPSA) is 59.2 Å². The van der Waals surface area contributed by atoms with E-state index in [0.29, 0.717) is 6.20 Å². The van der Waals surface area contributed by atoms with E-state index in [0.717, 1.165) is 7.11 Å². The normalized spacial score (nSPS) is 11.3. The highest BCUT2D eigenvalue weighted by molar-refractivity contribution is 9.10. The number of carbonyl (C=O) groups excluding carboxylic acids is 1. The molecule has 1 N–H and O–H groups in total. The summed E-state index contributed by atoms with van der Waals surface area (Å²) in [6.07, 6.45) is -4.32. The van der Waals surface area contributed by atoms with Gasteiger partial charge < -0.3 is 9.72 Å². The molecule has 1 aromatic heterocycles. The third kappa shape index (κ3) is 2.26. The van der Waals surface area contributed by atoms with Gasteiger partial charge in [0.2, 0.25) is 0 Å². The number of nitrogens with one attached hydrogen (secondary N) is 1. The fraction of sp³-hybridized carbons (Fsp3) is 0.250. The van der Waals surface area contributed by atoms with Crippen molar-refractivity contribution in [2.45, 2.75) is 6.18 Å². The molecule has 0 spiro atoms. The number of methoxy groups -OCH3 is 1. The van der Waals surface area contributed by atoms with Crippen molar-refractivity contribution in [3.63, 3.8) is 0 Å². The largest absolute Gasteiger partial charge is 0.465 e. The number of H-pyrrole nitrogens is 1. The van der Waals surface area contributed by atoms with E-state index in [1.807, 2.05) is 4.98 Å². The Balaban J connectivity index is 3.58. The van der Waals surface area contributed by atoms with E-state index in [4.69, 9.17) is 0 Å². The monoisotopic (exact) mass is 299 g/mol. The lowest BCUT2D eigenvalue weighted by Gasteiger charge is -2.11. The molecule has 0 atom stereocenters. The molecule has 0 amide bonds. The number of esters is 1. The Kier molecular flexibility index (Phi) is 3.41. The summed E-state index contributed by atoms with van der Waals surface area (Å²) in [6.45, 7) is 0. The van der Waals surface area contributed by atoms with Crippen molar-refractivity contribution >= 4 is 21.9 Å². The molecule has 88 valence electrons. The van der Waals surface area contributed by atoms with E-state index in [2.05, 4.69) is 20.7 Å². The lowest BCUT2D eigenvalue weighted by Crippen LogP contribution is -2.21. The number of hydrogen-bond donors (Lipinski definition) is 1. The highest BCUT2D eigenvalue weighted by Gasteiger charge is 2.37. The highest BCUT2D eigenvalue weighted by atomic mass is 79.9. The summed E-state index contributed by atoms with van der Waals surface area (Å²) < 4.78 is 41.2. The SMILES string of the molecule is COC(=O)c1c(C(F)(F)F)c[nH]c(=O)c1Br. The Morgan fingerprint density at radius 3 is 2.50 bits per heavy atom. The van der Waals surface area contributed by atoms with Crippen LogP contribution < -0.4 is 5.56 Å². The number of pyridine rings is 1. The minimum Gasteiger partial charge on any atom is -0.465 e. The van der Waals surface area contributed by atoms with E-state index < -0.39 is 33.3 Å². The first-order valence-electron chi connectivity index (χ1n) is 3.85. The first kappa shape index (κ1) is 12.8. The molecule has 0 fully saturated rings. The molecular formula is C8H5BrF3NO3. The summed E-state index contributed by atoms with van der Waals surface area (Å²) in [5, 5.41) is 0. The molecule has 0 bridgehead atoms. The van der Waals surface area contributed by atoms with Crippen molar-refractivity contribution in [3.8, 4) is 0 Å². The molecule has 0 saturated heterocycles. The van der Waals surface area contributed by atoms with E-state index in [1.54, 1.807) is 0 Å². The Morgan fingerprint density at radius 1 is 1.50 bits per heavy atom. The summed E-state index contributed by atoms with van der Waals surface area (Å²) in [7, 11) is 0.927. The summed E-state index contributed by atoms with van der Waals surface area (Å²) >= 11 is 2.62. The summed E-state index contributed by atoms with van der Waals surface area (Å²) in [6, 6.07) is 0. The lowest BCUT2D eigenvalue weighted by atomic mass is 10.1. The van der Waals surface area contributed by atoms with E-state index in [-0.39, 0.29) is 0 Å². The second kappa shape index (κ2) is 4.28. The molecule has 1 rings (SSSR count). The fourth-order valence-corrected chi connectivity index (χ4v) is 1.52. The second-order valence-electron chi connectivity index (χ2n) is 2.71. The fourth-order valence-electron chi connectivity index (χ4n) is 1.03. The molecular weight excluding hydrogens is 295 g/mol. The maximum absolute atomic E-state index is 12.5. The number of ether oxygens (including phenoxy) is 1. The Bertz CT molecular complexity index is 480. The van der Waals surface area contributed by atoms with E-state index in [1.165, 1.54) is 0 Å². The first-order chi connectivity index (χ1) is 7.29. The highest BCUT2D eigenvalue weighted by Crippen LogP contribution is 2.33. The quantitative estimate of drug-likeness (QED) is 0.806. The molecule has 0 aromatic carbocycles. The van der Waals surface area contributed by atoms with Gasteiger partial charge in [0.25, 0.3) is 5.56 Å². The van der Waals surface area contributed by atoms with Gasteiger partial charge in [0.15, 0.2) is 0 Å². The molecule has 0 radical (unpaired) electrons. The smallest absolute Gasteiger partial charge is 0.418 e. The molecule has 16 heavy (non-hydrogen) atoms. The predicted molar refractivity (Wildman–Crippen MR) is 51.1 cm³/mol. The molecule has 0 aliphatic rings. The van der Waals surface area contributed by atoms with Gasteiger partial charge in [-0.2, -0.15) is 13.2 Å². The van der Waals surface area contributed by atoms with Gasteiger partial charge in [-0.15, -0.1) is 0 Å². The number of aromatic amines is 1. The third-order valence-corrected chi connectivity index (χ3v) is 2.49. The van der Waals surface area contributed by atoms with Gasteiger partial charge in [0.1, 0.15) is 0 Å². The molecule has 0 aliphatic carbocycles. The average Bonchev–Trinajstić information content (AvgIpc) is 2.19.